The standard InChI is InChI=1S/C28H31BrFN3O4S/c1-20(27(35)31-28(2,3)4)32(18-21-11-10-12-22(29)17-21)26(34)19-33(25-16-9-8-15-24(25)30)38(36,37)23-13-6-5-7-14-23/h5-17,20H,18-19H2,1-4H3,(H,31,35)/t20-/m0/s1. The van der Waals surface area contributed by atoms with Gasteiger partial charge >= 0.3 is 0 Å². The maximum Gasteiger partial charge on any atom is 0.264 e. The Balaban J connectivity index is 2.04. The van der Waals surface area contributed by atoms with Crippen molar-refractivity contribution in [2.45, 2.75) is 50.7 Å². The van der Waals surface area contributed by atoms with Crippen molar-refractivity contribution in [3.05, 3.63) is 94.7 Å². The molecular formula is C28H31BrFN3O4S. The van der Waals surface area contributed by atoms with Crippen LogP contribution in [0.2, 0.25) is 0 Å². The molecule has 3 aromatic carbocycles. The van der Waals surface area contributed by atoms with E-state index >= 15 is 0 Å². The third-order valence-corrected chi connectivity index (χ3v) is 7.91. The first-order chi connectivity index (χ1) is 17.8. The SMILES string of the molecule is C[C@@H](C(=O)NC(C)(C)C)N(Cc1cccc(Br)c1)C(=O)CN(c1ccccc1F)S(=O)(=O)c1ccccc1. The molecular weight excluding hydrogens is 573 g/mol. The molecule has 3 aromatic rings. The van der Waals surface area contributed by atoms with Crippen molar-refractivity contribution >= 4 is 43.5 Å². The summed E-state index contributed by atoms with van der Waals surface area (Å²) in [5.74, 6) is -1.86. The van der Waals surface area contributed by atoms with Gasteiger partial charge in [-0.15, -0.1) is 0 Å². The van der Waals surface area contributed by atoms with Crippen molar-refractivity contribution in [3.8, 4) is 0 Å². The van der Waals surface area contributed by atoms with Crippen LogP contribution >= 0.6 is 15.9 Å². The van der Waals surface area contributed by atoms with Gasteiger partial charge in [-0.1, -0.05) is 58.4 Å². The highest BCUT2D eigenvalue weighted by Gasteiger charge is 2.34. The van der Waals surface area contributed by atoms with E-state index in [0.29, 0.717) is 0 Å². The van der Waals surface area contributed by atoms with E-state index in [-0.39, 0.29) is 17.1 Å². The Labute approximate surface area is 231 Å². The van der Waals surface area contributed by atoms with Gasteiger partial charge in [-0.2, -0.15) is 0 Å². The molecule has 0 unspecified atom stereocenters. The Morgan fingerprint density at radius 1 is 0.974 bits per heavy atom. The first-order valence-corrected chi connectivity index (χ1v) is 14.2. The lowest BCUT2D eigenvalue weighted by Crippen LogP contribution is -2.54. The number of carbonyl (C=O) groups is 2. The summed E-state index contributed by atoms with van der Waals surface area (Å²) < 4.78 is 43.7. The van der Waals surface area contributed by atoms with Crippen molar-refractivity contribution in [3.63, 3.8) is 0 Å². The molecule has 0 fully saturated rings. The molecule has 0 saturated carbocycles. The summed E-state index contributed by atoms with van der Waals surface area (Å²) in [6.45, 7) is 6.38. The van der Waals surface area contributed by atoms with Gasteiger partial charge in [0.25, 0.3) is 10.0 Å². The van der Waals surface area contributed by atoms with Crippen molar-refractivity contribution < 1.29 is 22.4 Å². The van der Waals surface area contributed by atoms with Crippen LogP contribution in [0.4, 0.5) is 10.1 Å². The summed E-state index contributed by atoms with van der Waals surface area (Å²) in [7, 11) is -4.32. The molecule has 0 spiro atoms. The number of para-hydroxylation sites is 1. The highest BCUT2D eigenvalue weighted by molar-refractivity contribution is 9.10. The Hall–Kier alpha value is -3.24. The van der Waals surface area contributed by atoms with Crippen LogP contribution in [0.3, 0.4) is 0 Å². The molecule has 0 aromatic heterocycles. The number of rotatable bonds is 9. The van der Waals surface area contributed by atoms with Gasteiger partial charge in [-0.3, -0.25) is 13.9 Å². The van der Waals surface area contributed by atoms with E-state index in [9.17, 15) is 22.4 Å². The molecule has 0 aliphatic carbocycles. The van der Waals surface area contributed by atoms with E-state index < -0.39 is 45.8 Å². The van der Waals surface area contributed by atoms with E-state index in [2.05, 4.69) is 21.2 Å². The monoisotopic (exact) mass is 603 g/mol. The van der Waals surface area contributed by atoms with Crippen molar-refractivity contribution in [1.82, 2.24) is 10.2 Å². The molecule has 0 aliphatic heterocycles. The van der Waals surface area contributed by atoms with Crippen molar-refractivity contribution in [2.24, 2.45) is 0 Å². The topological polar surface area (TPSA) is 86.8 Å². The highest BCUT2D eigenvalue weighted by atomic mass is 79.9. The fraction of sp³-hybridized carbons (Fsp3) is 0.286. The minimum Gasteiger partial charge on any atom is -0.350 e. The average Bonchev–Trinajstić information content (AvgIpc) is 2.85. The van der Waals surface area contributed by atoms with Crippen LogP contribution < -0.4 is 9.62 Å². The summed E-state index contributed by atoms with van der Waals surface area (Å²) >= 11 is 3.41. The molecule has 38 heavy (non-hydrogen) atoms. The fourth-order valence-electron chi connectivity index (χ4n) is 3.78. The van der Waals surface area contributed by atoms with E-state index in [0.717, 1.165) is 20.4 Å². The van der Waals surface area contributed by atoms with Crippen LogP contribution in [0.15, 0.2) is 88.2 Å². The smallest absolute Gasteiger partial charge is 0.264 e. The van der Waals surface area contributed by atoms with Crippen LogP contribution in [0.1, 0.15) is 33.3 Å². The minimum atomic E-state index is -4.32. The van der Waals surface area contributed by atoms with Crippen LogP contribution in [0.5, 0.6) is 0 Å². The zero-order valence-corrected chi connectivity index (χ0v) is 24.1. The second kappa shape index (κ2) is 12.1. The van der Waals surface area contributed by atoms with Gasteiger partial charge in [0.2, 0.25) is 11.8 Å². The lowest BCUT2D eigenvalue weighted by atomic mass is 10.1. The van der Waals surface area contributed by atoms with Gasteiger partial charge in [0.15, 0.2) is 0 Å². The third kappa shape index (κ3) is 7.41. The average molecular weight is 605 g/mol. The first-order valence-electron chi connectivity index (χ1n) is 12.0. The number of amides is 2. The van der Waals surface area contributed by atoms with Crippen LogP contribution in [-0.2, 0) is 26.2 Å². The molecule has 0 radical (unpaired) electrons. The Kier molecular flexibility index (Phi) is 9.32. The summed E-state index contributed by atoms with van der Waals surface area (Å²) in [6, 6.07) is 19.2. The molecule has 0 aliphatic rings. The van der Waals surface area contributed by atoms with Crippen molar-refractivity contribution in [1.29, 1.82) is 0 Å². The highest BCUT2D eigenvalue weighted by Crippen LogP contribution is 2.27. The molecule has 0 heterocycles. The molecule has 3 rings (SSSR count). The first kappa shape index (κ1) is 29.3. The number of nitrogens with zero attached hydrogens (tertiary/aromatic N) is 2. The zero-order valence-electron chi connectivity index (χ0n) is 21.7. The molecule has 10 heteroatoms. The Morgan fingerprint density at radius 3 is 2.21 bits per heavy atom. The number of carbonyl (C=O) groups excluding carboxylic acids is 2. The van der Waals surface area contributed by atoms with E-state index in [1.54, 1.807) is 37.3 Å². The van der Waals surface area contributed by atoms with E-state index in [1.807, 2.05) is 32.9 Å². The molecule has 0 saturated heterocycles. The molecule has 1 N–H and O–H groups in total. The largest absolute Gasteiger partial charge is 0.350 e. The Morgan fingerprint density at radius 2 is 1.61 bits per heavy atom. The van der Waals surface area contributed by atoms with E-state index in [4.69, 9.17) is 0 Å². The number of sulfonamides is 1. The van der Waals surface area contributed by atoms with Crippen LogP contribution in [0.25, 0.3) is 0 Å². The molecule has 2 amide bonds. The minimum absolute atomic E-state index is 0.0352. The molecule has 7 nitrogen and oxygen atoms in total. The summed E-state index contributed by atoms with van der Waals surface area (Å²) in [6.07, 6.45) is 0. The van der Waals surface area contributed by atoms with Crippen LogP contribution in [-0.4, -0.2) is 43.3 Å². The maximum atomic E-state index is 14.9. The Bertz CT molecular complexity index is 1390. The summed E-state index contributed by atoms with van der Waals surface area (Å²) in [5.41, 5.74) is -0.0866. The predicted octanol–water partition coefficient (Wildman–Crippen LogP) is 5.12. The maximum absolute atomic E-state index is 14.9. The predicted molar refractivity (Wildman–Crippen MR) is 149 cm³/mol. The lowest BCUT2D eigenvalue weighted by molar-refractivity contribution is -0.140. The van der Waals surface area contributed by atoms with Gasteiger partial charge in [0.1, 0.15) is 18.4 Å². The molecule has 1 atom stereocenters. The summed E-state index contributed by atoms with van der Waals surface area (Å²) in [5, 5.41) is 2.87. The fourth-order valence-corrected chi connectivity index (χ4v) is 5.67. The van der Waals surface area contributed by atoms with Crippen LogP contribution in [0, 0.1) is 5.82 Å². The molecule has 202 valence electrons. The van der Waals surface area contributed by atoms with Gasteiger partial charge in [0, 0.05) is 16.6 Å². The van der Waals surface area contributed by atoms with Gasteiger partial charge in [0.05, 0.1) is 10.6 Å². The third-order valence-electron chi connectivity index (χ3n) is 5.64. The second-order valence-corrected chi connectivity index (χ2v) is 12.6. The van der Waals surface area contributed by atoms with Crippen molar-refractivity contribution in [2.75, 3.05) is 10.8 Å². The number of hydrogen-bond donors (Lipinski definition) is 1. The van der Waals surface area contributed by atoms with Gasteiger partial charge < -0.3 is 10.2 Å². The number of halogens is 2. The zero-order chi connectivity index (χ0) is 28.1. The van der Waals surface area contributed by atoms with Gasteiger partial charge in [-0.25, -0.2) is 12.8 Å². The number of benzene rings is 3. The number of nitrogens with one attached hydrogen (secondary N) is 1. The normalized spacial score (nSPS) is 12.5. The molecule has 0 bridgehead atoms. The summed E-state index contributed by atoms with van der Waals surface area (Å²) in [4.78, 5) is 28.1. The number of anilines is 1. The van der Waals surface area contributed by atoms with Gasteiger partial charge in [-0.05, 0) is 69.7 Å². The second-order valence-electron chi connectivity index (χ2n) is 9.84. The van der Waals surface area contributed by atoms with E-state index in [1.165, 1.54) is 35.2 Å². The number of hydrogen-bond acceptors (Lipinski definition) is 4. The quantitative estimate of drug-likeness (QED) is 0.368. The lowest BCUT2D eigenvalue weighted by Gasteiger charge is -2.33.